The first-order valence-corrected chi connectivity index (χ1v) is 8.12. The summed E-state index contributed by atoms with van der Waals surface area (Å²) < 4.78 is 2.03. The lowest BCUT2D eigenvalue weighted by Gasteiger charge is -2.05. The number of fused-ring (bicyclic) bond motifs is 2. The van der Waals surface area contributed by atoms with Crippen LogP contribution in [0.25, 0.3) is 21.7 Å². The Labute approximate surface area is 157 Å². The smallest absolute Gasteiger partial charge is 0.227 e. The van der Waals surface area contributed by atoms with Crippen molar-refractivity contribution in [3.05, 3.63) is 90.1 Å². The molecule has 0 spiro atoms. The largest absolute Gasteiger partial charge is 1.00 e. The van der Waals surface area contributed by atoms with E-state index in [1.165, 1.54) is 10.9 Å². The minimum atomic E-state index is 0. The third-order valence-electron chi connectivity index (χ3n) is 4.53. The third-order valence-corrected chi connectivity index (χ3v) is 4.53. The van der Waals surface area contributed by atoms with E-state index in [2.05, 4.69) is 31.2 Å². The summed E-state index contributed by atoms with van der Waals surface area (Å²) in [7, 11) is 0. The van der Waals surface area contributed by atoms with Crippen LogP contribution < -0.4 is 21.5 Å². The molecule has 0 unspecified atom stereocenters. The first kappa shape index (κ1) is 17.3. The van der Waals surface area contributed by atoms with Gasteiger partial charge in [0.25, 0.3) is 0 Å². The van der Waals surface area contributed by atoms with Crippen LogP contribution in [-0.4, -0.2) is 5.78 Å². The number of hydrogen-bond donors (Lipinski definition) is 0. The predicted octanol–water partition coefficient (Wildman–Crippen LogP) is 1.48. The molecule has 25 heavy (non-hydrogen) atoms. The number of benzene rings is 3. The lowest BCUT2D eigenvalue weighted by atomic mass is 10.0. The number of rotatable bonds is 3. The molecule has 0 aliphatic carbocycles. The zero-order valence-corrected chi connectivity index (χ0v) is 15.5. The fraction of sp³-hybridized carbons (Fsp3) is 0.0909. The molecule has 0 radical (unpaired) electrons. The number of halogens is 1. The number of nitrogens with zero attached hydrogens (tertiary/aromatic N) is 1. The molecule has 0 N–H and O–H groups in total. The van der Waals surface area contributed by atoms with Gasteiger partial charge >= 0.3 is 0 Å². The molecular formula is C22H18BrNO. The maximum absolute atomic E-state index is 12.8. The number of carbonyl (C=O) groups excluding carboxylic acids is 1. The van der Waals surface area contributed by atoms with E-state index in [1.54, 1.807) is 0 Å². The molecule has 0 saturated heterocycles. The number of pyridine rings is 1. The highest BCUT2D eigenvalue weighted by Crippen LogP contribution is 2.17. The van der Waals surface area contributed by atoms with E-state index in [-0.39, 0.29) is 22.8 Å². The first-order chi connectivity index (χ1) is 11.7. The first-order valence-electron chi connectivity index (χ1n) is 8.12. The molecule has 0 atom stereocenters. The highest BCUT2D eigenvalue weighted by Gasteiger charge is 2.16. The highest BCUT2D eigenvalue weighted by atomic mass is 79.9. The Balaban J connectivity index is 0.00000182. The van der Waals surface area contributed by atoms with Crippen molar-refractivity contribution in [2.45, 2.75) is 13.5 Å². The second kappa shape index (κ2) is 7.16. The van der Waals surface area contributed by atoms with Gasteiger partial charge in [0, 0.05) is 23.1 Å². The van der Waals surface area contributed by atoms with E-state index in [0.717, 1.165) is 21.9 Å². The Hall–Kier alpha value is -2.52. The Morgan fingerprint density at radius 1 is 0.880 bits per heavy atom. The van der Waals surface area contributed by atoms with Crippen LogP contribution in [0.5, 0.6) is 0 Å². The van der Waals surface area contributed by atoms with Crippen molar-refractivity contribution < 1.29 is 26.3 Å². The van der Waals surface area contributed by atoms with E-state index in [9.17, 15) is 4.79 Å². The molecule has 0 bridgehead atoms. The molecule has 2 nitrogen and oxygen atoms in total. The second-order valence-corrected chi connectivity index (χ2v) is 6.13. The van der Waals surface area contributed by atoms with Gasteiger partial charge in [0.15, 0.2) is 6.20 Å². The molecule has 4 aromatic rings. The van der Waals surface area contributed by atoms with Crippen molar-refractivity contribution in [1.82, 2.24) is 0 Å². The number of aryl methyl sites for hydroxylation is 1. The summed E-state index contributed by atoms with van der Waals surface area (Å²) >= 11 is 0. The van der Waals surface area contributed by atoms with Gasteiger partial charge in [0.05, 0.1) is 0 Å². The van der Waals surface area contributed by atoms with E-state index in [1.807, 2.05) is 59.3 Å². The van der Waals surface area contributed by atoms with Gasteiger partial charge in [-0.3, -0.25) is 4.79 Å². The van der Waals surface area contributed by atoms with Crippen molar-refractivity contribution >= 4 is 27.5 Å². The highest BCUT2D eigenvalue weighted by molar-refractivity contribution is 5.99. The quantitative estimate of drug-likeness (QED) is 0.382. The van der Waals surface area contributed by atoms with Gasteiger partial charge in [-0.2, -0.15) is 4.57 Å². The molecular weight excluding hydrogens is 374 g/mol. The summed E-state index contributed by atoms with van der Waals surface area (Å²) in [6, 6.07) is 24.3. The van der Waals surface area contributed by atoms with E-state index in [4.69, 9.17) is 0 Å². The molecule has 4 rings (SSSR count). The molecule has 0 amide bonds. The molecule has 3 heteroatoms. The minimum absolute atomic E-state index is 0. The Morgan fingerprint density at radius 2 is 1.60 bits per heavy atom. The van der Waals surface area contributed by atoms with Crippen LogP contribution >= 0.6 is 0 Å². The summed E-state index contributed by atoms with van der Waals surface area (Å²) in [5.41, 5.74) is 3.07. The van der Waals surface area contributed by atoms with Crippen LogP contribution in [0.2, 0.25) is 0 Å². The zero-order chi connectivity index (χ0) is 16.5. The lowest BCUT2D eigenvalue weighted by Crippen LogP contribution is -3.00. The average Bonchev–Trinajstić information content (AvgIpc) is 2.64. The summed E-state index contributed by atoms with van der Waals surface area (Å²) in [6.45, 7) is 2.44. The minimum Gasteiger partial charge on any atom is -1.00 e. The SMILES string of the molecule is Cc1cc[n+](CC(=O)c2ccc3ccccc3c2)c2ccccc12.[Br-]. The number of ketones is 1. The summed E-state index contributed by atoms with van der Waals surface area (Å²) in [4.78, 5) is 12.8. The van der Waals surface area contributed by atoms with Gasteiger partial charge in [-0.05, 0) is 35.4 Å². The standard InChI is InChI=1S/C22H18NO.BrH/c1-16-12-13-23(21-9-5-4-8-20(16)21)15-22(24)19-11-10-17-6-2-3-7-18(17)14-19;/h2-14H,15H2,1H3;1H/q+1;/p-1. The third kappa shape index (κ3) is 3.33. The van der Waals surface area contributed by atoms with E-state index < -0.39 is 0 Å². The van der Waals surface area contributed by atoms with Crippen molar-refractivity contribution in [2.24, 2.45) is 0 Å². The Kier molecular flexibility index (Phi) is 4.95. The number of hydrogen-bond acceptors (Lipinski definition) is 1. The molecule has 0 saturated carbocycles. The molecule has 0 aliphatic rings. The van der Waals surface area contributed by atoms with Crippen LogP contribution in [0.1, 0.15) is 15.9 Å². The molecule has 3 aromatic carbocycles. The van der Waals surface area contributed by atoms with Gasteiger partial charge in [0.2, 0.25) is 17.8 Å². The monoisotopic (exact) mass is 391 g/mol. The normalized spacial score (nSPS) is 10.6. The van der Waals surface area contributed by atoms with Crippen LogP contribution in [0.15, 0.2) is 79.0 Å². The van der Waals surface area contributed by atoms with Gasteiger partial charge in [-0.1, -0.05) is 48.5 Å². The zero-order valence-electron chi connectivity index (χ0n) is 13.9. The fourth-order valence-electron chi connectivity index (χ4n) is 3.18. The average molecular weight is 392 g/mol. The molecule has 1 heterocycles. The predicted molar refractivity (Wildman–Crippen MR) is 97.2 cm³/mol. The van der Waals surface area contributed by atoms with Gasteiger partial charge < -0.3 is 17.0 Å². The summed E-state index contributed by atoms with van der Waals surface area (Å²) in [6.07, 6.45) is 2.00. The van der Waals surface area contributed by atoms with E-state index >= 15 is 0 Å². The van der Waals surface area contributed by atoms with Crippen LogP contribution in [0.4, 0.5) is 0 Å². The van der Waals surface area contributed by atoms with Gasteiger partial charge in [0.1, 0.15) is 0 Å². The van der Waals surface area contributed by atoms with Gasteiger partial charge in [-0.15, -0.1) is 0 Å². The number of carbonyl (C=O) groups is 1. The molecule has 124 valence electrons. The van der Waals surface area contributed by atoms with Crippen molar-refractivity contribution in [1.29, 1.82) is 0 Å². The van der Waals surface area contributed by atoms with Crippen molar-refractivity contribution in [2.75, 3.05) is 0 Å². The molecule has 1 aromatic heterocycles. The van der Waals surface area contributed by atoms with Crippen LogP contribution in [0.3, 0.4) is 0 Å². The summed E-state index contributed by atoms with van der Waals surface area (Å²) in [5, 5.41) is 3.44. The van der Waals surface area contributed by atoms with Crippen molar-refractivity contribution in [3.8, 4) is 0 Å². The van der Waals surface area contributed by atoms with Crippen LogP contribution in [-0.2, 0) is 6.54 Å². The molecule has 0 fully saturated rings. The topological polar surface area (TPSA) is 20.9 Å². The number of para-hydroxylation sites is 1. The van der Waals surface area contributed by atoms with Gasteiger partial charge in [-0.25, -0.2) is 0 Å². The molecule has 0 aliphatic heterocycles. The van der Waals surface area contributed by atoms with E-state index in [0.29, 0.717) is 6.54 Å². The maximum atomic E-state index is 12.8. The number of aromatic nitrogens is 1. The van der Waals surface area contributed by atoms with Crippen LogP contribution in [0, 0.1) is 6.92 Å². The lowest BCUT2D eigenvalue weighted by molar-refractivity contribution is -0.657. The number of Topliss-reactive ketones (excluding diaryl/α,β-unsaturated/α-hetero) is 1. The Morgan fingerprint density at radius 3 is 2.44 bits per heavy atom. The Bertz CT molecular complexity index is 1070. The second-order valence-electron chi connectivity index (χ2n) is 6.13. The summed E-state index contributed by atoms with van der Waals surface area (Å²) in [5.74, 6) is 0.125. The fourth-order valence-corrected chi connectivity index (χ4v) is 3.18. The maximum Gasteiger partial charge on any atom is 0.227 e. The van der Waals surface area contributed by atoms with Crippen molar-refractivity contribution in [3.63, 3.8) is 0 Å².